The van der Waals surface area contributed by atoms with E-state index in [4.69, 9.17) is 0 Å². The van der Waals surface area contributed by atoms with E-state index < -0.39 is 35.5 Å². The van der Waals surface area contributed by atoms with Gasteiger partial charge in [-0.15, -0.1) is 11.3 Å². The molecule has 1 fully saturated rings. The molecule has 1 aliphatic carbocycles. The van der Waals surface area contributed by atoms with Crippen LogP contribution in [-0.2, 0) is 11.2 Å². The minimum Gasteiger partial charge on any atom is -0.391 e. The lowest BCUT2D eigenvalue weighted by atomic mass is 9.70. The van der Waals surface area contributed by atoms with Crippen LogP contribution in [0.25, 0.3) is 11.0 Å². The summed E-state index contributed by atoms with van der Waals surface area (Å²) in [6, 6.07) is 6.35. The Kier molecular flexibility index (Phi) is 8.24. The van der Waals surface area contributed by atoms with E-state index in [1.54, 1.807) is 29.2 Å². The van der Waals surface area contributed by atoms with Crippen LogP contribution in [0.5, 0.6) is 0 Å². The van der Waals surface area contributed by atoms with Gasteiger partial charge in [-0.05, 0) is 50.2 Å². The number of para-hydroxylation sites is 2. The lowest BCUT2D eigenvalue weighted by molar-refractivity contribution is -0.150. The van der Waals surface area contributed by atoms with Crippen LogP contribution in [-0.4, -0.2) is 59.9 Å². The molecule has 0 spiro atoms. The lowest BCUT2D eigenvalue weighted by Crippen LogP contribution is -2.52. The van der Waals surface area contributed by atoms with Crippen LogP contribution in [0.1, 0.15) is 55.2 Å². The number of aliphatic hydroxyl groups excluding tert-OH is 1. The molecule has 0 bridgehead atoms. The number of rotatable bonds is 9. The van der Waals surface area contributed by atoms with Gasteiger partial charge in [0.1, 0.15) is 5.69 Å². The zero-order valence-corrected chi connectivity index (χ0v) is 20.8. The minimum absolute atomic E-state index is 0.0914. The summed E-state index contributed by atoms with van der Waals surface area (Å²) >= 11 is 1.39. The monoisotopic (exact) mass is 513 g/mol. The van der Waals surface area contributed by atoms with Gasteiger partial charge >= 0.3 is 0 Å². The molecule has 0 radical (unpaired) electrons. The van der Waals surface area contributed by atoms with Crippen molar-refractivity contribution in [1.29, 1.82) is 0 Å². The fraction of sp³-hybridized carbons (Fsp3) is 0.480. The van der Waals surface area contributed by atoms with Crippen molar-refractivity contribution in [2.75, 3.05) is 0 Å². The first-order chi connectivity index (χ1) is 17.3. The molecule has 36 heavy (non-hydrogen) atoms. The van der Waals surface area contributed by atoms with E-state index in [0.717, 1.165) is 12.8 Å². The molecule has 2 aromatic heterocycles. The summed E-state index contributed by atoms with van der Waals surface area (Å²) < 4.78 is 0. The molecule has 0 aliphatic heterocycles. The Hall–Kier alpha value is -2.99. The van der Waals surface area contributed by atoms with E-state index in [2.05, 4.69) is 27.2 Å². The van der Waals surface area contributed by atoms with Gasteiger partial charge in [-0.3, -0.25) is 19.8 Å². The number of fused-ring (bicyclic) bond motifs is 1. The van der Waals surface area contributed by atoms with Gasteiger partial charge in [0.05, 0.1) is 52.1 Å². The third kappa shape index (κ3) is 6.04. The van der Waals surface area contributed by atoms with Gasteiger partial charge in [-0.2, -0.15) is 0 Å². The van der Waals surface area contributed by atoms with Crippen LogP contribution in [0.15, 0.2) is 41.4 Å². The summed E-state index contributed by atoms with van der Waals surface area (Å²) in [5.41, 5.74) is 3.92. The molecule has 1 saturated carbocycles. The highest BCUT2D eigenvalue weighted by atomic mass is 32.1. The number of nitrogens with zero attached hydrogens (tertiary/aromatic N) is 3. The number of amides is 2. The average molecular weight is 514 g/mol. The summed E-state index contributed by atoms with van der Waals surface area (Å²) in [7, 11) is 0. The van der Waals surface area contributed by atoms with Crippen molar-refractivity contribution in [3.8, 4) is 0 Å². The Bertz CT molecular complexity index is 1180. The van der Waals surface area contributed by atoms with E-state index in [1.165, 1.54) is 17.5 Å². The molecule has 1 aromatic carbocycles. The maximum atomic E-state index is 13.1. The Balaban J connectivity index is 1.55. The van der Waals surface area contributed by atoms with Crippen LogP contribution < -0.4 is 10.8 Å². The zero-order chi connectivity index (χ0) is 25.7. The van der Waals surface area contributed by atoms with Crippen molar-refractivity contribution in [2.24, 2.45) is 11.8 Å². The van der Waals surface area contributed by atoms with E-state index in [0.29, 0.717) is 35.5 Å². The third-order valence-electron chi connectivity index (χ3n) is 7.07. The number of carbonyl (C=O) groups excluding carboxylic acids is 2. The Morgan fingerprint density at radius 3 is 2.58 bits per heavy atom. The van der Waals surface area contributed by atoms with Crippen molar-refractivity contribution in [1.82, 2.24) is 25.7 Å². The molecule has 3 aromatic rings. The van der Waals surface area contributed by atoms with Gasteiger partial charge in [0.25, 0.3) is 5.91 Å². The molecule has 3 atom stereocenters. The molecular formula is C25H31N5O5S. The van der Waals surface area contributed by atoms with Crippen LogP contribution in [0.2, 0.25) is 0 Å². The van der Waals surface area contributed by atoms with E-state index >= 15 is 0 Å². The molecule has 11 heteroatoms. The number of nitrogens with one attached hydrogen (secondary N) is 2. The number of carbonyl (C=O) groups is 2. The number of hydroxylamine groups is 1. The van der Waals surface area contributed by atoms with Crippen LogP contribution in [0.4, 0.5) is 0 Å². The first-order valence-electron chi connectivity index (χ1n) is 12.0. The van der Waals surface area contributed by atoms with E-state index in [-0.39, 0.29) is 18.5 Å². The van der Waals surface area contributed by atoms with Crippen LogP contribution in [0.3, 0.4) is 0 Å². The van der Waals surface area contributed by atoms with Gasteiger partial charge in [-0.1, -0.05) is 19.1 Å². The molecule has 3 unspecified atom stereocenters. The summed E-state index contributed by atoms with van der Waals surface area (Å²) in [5, 5.41) is 36.5. The summed E-state index contributed by atoms with van der Waals surface area (Å²) in [6.45, 7) is 2.09. The molecule has 2 amide bonds. The number of benzene rings is 1. The number of hydrogen-bond acceptors (Lipinski definition) is 9. The highest BCUT2D eigenvalue weighted by Crippen LogP contribution is 2.39. The van der Waals surface area contributed by atoms with Crippen LogP contribution >= 0.6 is 11.3 Å². The van der Waals surface area contributed by atoms with Gasteiger partial charge in [0, 0.05) is 11.8 Å². The second-order valence-corrected chi connectivity index (χ2v) is 10.3. The summed E-state index contributed by atoms with van der Waals surface area (Å²) in [6.07, 6.45) is 2.45. The number of hydrogen-bond donors (Lipinski definition) is 5. The van der Waals surface area contributed by atoms with Crippen LogP contribution in [0, 0.1) is 11.8 Å². The predicted molar refractivity (Wildman–Crippen MR) is 133 cm³/mol. The molecule has 2 heterocycles. The molecule has 0 saturated heterocycles. The van der Waals surface area contributed by atoms with Crippen molar-refractivity contribution in [3.63, 3.8) is 0 Å². The maximum Gasteiger partial charge on any atom is 0.271 e. The Morgan fingerprint density at radius 2 is 1.92 bits per heavy atom. The van der Waals surface area contributed by atoms with E-state index in [1.807, 2.05) is 11.4 Å². The van der Waals surface area contributed by atoms with Crippen molar-refractivity contribution >= 4 is 34.2 Å². The van der Waals surface area contributed by atoms with Crippen molar-refractivity contribution in [2.45, 2.75) is 63.2 Å². The fourth-order valence-corrected chi connectivity index (χ4v) is 5.39. The first-order valence-corrected chi connectivity index (χ1v) is 13.0. The molecular weight excluding hydrogens is 482 g/mol. The largest absolute Gasteiger partial charge is 0.391 e. The van der Waals surface area contributed by atoms with Gasteiger partial charge in [-0.25, -0.2) is 15.4 Å². The van der Waals surface area contributed by atoms with Gasteiger partial charge in [0.15, 0.2) is 0 Å². The predicted octanol–water partition coefficient (Wildman–Crippen LogP) is 2.24. The SMILES string of the molecule is CC1CCC(O)(C(CC(O)C(Cc2cscn2)NC(=O)c2cnc3ccccc3n2)C(=O)NO)CC1. The number of thiazole rings is 1. The molecule has 5 N–H and O–H groups in total. The summed E-state index contributed by atoms with van der Waals surface area (Å²) in [4.78, 5) is 38.6. The van der Waals surface area contributed by atoms with Crippen molar-refractivity contribution in [3.05, 3.63) is 52.7 Å². The standard InChI is InChI=1S/C25H31N5O5S/c1-15-6-8-25(34,9-7-15)17(23(32)30-35)11-22(31)20(10-16-13-36-14-27-16)29-24(33)21-12-26-18-4-2-3-5-19(18)28-21/h2-5,12-15,17,20,22,31,34-35H,6-11H2,1H3,(H,29,33)(H,30,32). The topological polar surface area (TPSA) is 158 Å². The molecule has 10 nitrogen and oxygen atoms in total. The second kappa shape index (κ2) is 11.4. The fourth-order valence-electron chi connectivity index (χ4n) is 4.82. The molecule has 192 valence electrons. The maximum absolute atomic E-state index is 13.1. The Morgan fingerprint density at radius 1 is 1.19 bits per heavy atom. The van der Waals surface area contributed by atoms with Crippen molar-refractivity contribution < 1.29 is 25.0 Å². The molecule has 4 rings (SSSR count). The third-order valence-corrected chi connectivity index (χ3v) is 7.70. The van der Waals surface area contributed by atoms with Gasteiger partial charge in [0.2, 0.25) is 5.91 Å². The first kappa shape index (κ1) is 26.1. The average Bonchev–Trinajstić information content (AvgIpc) is 3.41. The summed E-state index contributed by atoms with van der Waals surface area (Å²) in [5.74, 6) is -1.92. The zero-order valence-electron chi connectivity index (χ0n) is 20.0. The Labute approximate surface area is 212 Å². The second-order valence-electron chi connectivity index (χ2n) is 9.63. The smallest absolute Gasteiger partial charge is 0.271 e. The lowest BCUT2D eigenvalue weighted by Gasteiger charge is -2.41. The quantitative estimate of drug-likeness (QED) is 0.215. The number of aliphatic hydroxyl groups is 2. The molecule has 1 aliphatic rings. The highest BCUT2D eigenvalue weighted by Gasteiger charge is 2.45. The number of aromatic nitrogens is 3. The highest BCUT2D eigenvalue weighted by molar-refractivity contribution is 7.07. The normalized spacial score (nSPS) is 22.5. The minimum atomic E-state index is -1.36. The van der Waals surface area contributed by atoms with Gasteiger partial charge < -0.3 is 15.5 Å². The van der Waals surface area contributed by atoms with E-state index in [9.17, 15) is 25.0 Å².